The summed E-state index contributed by atoms with van der Waals surface area (Å²) < 4.78 is 6.83. The van der Waals surface area contributed by atoms with E-state index in [9.17, 15) is 9.90 Å². The summed E-state index contributed by atoms with van der Waals surface area (Å²) in [4.78, 5) is 14.0. The van der Waals surface area contributed by atoms with Crippen molar-refractivity contribution in [3.63, 3.8) is 0 Å². The zero-order valence-corrected chi connectivity index (χ0v) is 17.5. The van der Waals surface area contributed by atoms with Crippen LogP contribution in [0.3, 0.4) is 0 Å². The van der Waals surface area contributed by atoms with Gasteiger partial charge in [-0.25, -0.2) is 0 Å². The molecule has 1 aliphatic heterocycles. The highest BCUT2D eigenvalue weighted by Crippen LogP contribution is 2.38. The molecule has 146 valence electrons. The summed E-state index contributed by atoms with van der Waals surface area (Å²) in [7, 11) is 2.03. The summed E-state index contributed by atoms with van der Waals surface area (Å²) in [6, 6.07) is 20.8. The Bertz CT molecular complexity index is 1090. The molecule has 4 nitrogen and oxygen atoms in total. The monoisotopic (exact) mass is 449 g/mol. The summed E-state index contributed by atoms with van der Waals surface area (Å²) >= 11 is 3.43. The van der Waals surface area contributed by atoms with Gasteiger partial charge in [-0.05, 0) is 29.8 Å². The number of nitrogens with one attached hydrogen (secondary N) is 1. The Morgan fingerprint density at radius 3 is 2.59 bits per heavy atom. The topological polar surface area (TPSA) is 53.8 Å². The van der Waals surface area contributed by atoms with Crippen LogP contribution in [0.5, 0.6) is 11.5 Å². The van der Waals surface area contributed by atoms with Crippen molar-refractivity contribution in [2.75, 3.05) is 7.05 Å². The molecule has 1 unspecified atom stereocenters. The Kier molecular flexibility index (Phi) is 5.51. The van der Waals surface area contributed by atoms with Crippen LogP contribution in [-0.2, 0) is 13.1 Å². The van der Waals surface area contributed by atoms with Gasteiger partial charge in [0.25, 0.3) is 0 Å². The van der Waals surface area contributed by atoms with Crippen molar-refractivity contribution < 1.29 is 19.5 Å². The van der Waals surface area contributed by atoms with Crippen molar-refractivity contribution in [2.24, 2.45) is 0 Å². The number of halogens is 1. The van der Waals surface area contributed by atoms with Gasteiger partial charge in [0.1, 0.15) is 18.8 Å². The molecule has 0 amide bonds. The first kappa shape index (κ1) is 19.4. The summed E-state index contributed by atoms with van der Waals surface area (Å²) in [5.74, 6) is 0.344. The maximum absolute atomic E-state index is 12.8. The standard InChI is InChI=1S/C24H20BrNO3/c1-26(14-16-6-3-2-4-7-16)15-20-21(27)11-10-19-23(28)22(29-24(19)20)13-17-8-5-9-18(25)12-17/h2-13,27H,14-15H2,1H3. The molecule has 0 radical (unpaired) electrons. The predicted molar refractivity (Wildman–Crippen MR) is 114 cm³/mol. The van der Waals surface area contributed by atoms with E-state index < -0.39 is 0 Å². The summed E-state index contributed by atoms with van der Waals surface area (Å²) in [5.41, 5.74) is 3.04. The number of carbonyl (C=O) groups is 1. The van der Waals surface area contributed by atoms with E-state index in [-0.39, 0.29) is 17.3 Å². The molecule has 1 N–H and O–H groups in total. The van der Waals surface area contributed by atoms with Gasteiger partial charge >= 0.3 is 0 Å². The highest BCUT2D eigenvalue weighted by molar-refractivity contribution is 9.10. The Morgan fingerprint density at radius 2 is 1.83 bits per heavy atom. The maximum Gasteiger partial charge on any atom is 0.231 e. The lowest BCUT2D eigenvalue weighted by atomic mass is 10.0. The number of ether oxygens (including phenoxy) is 1. The van der Waals surface area contributed by atoms with Gasteiger partial charge in [0.2, 0.25) is 5.78 Å². The largest absolute Gasteiger partial charge is 0.872 e. The number of fused-ring (bicyclic) bond motifs is 1. The van der Waals surface area contributed by atoms with Crippen molar-refractivity contribution in [3.05, 3.63) is 99.2 Å². The molecule has 3 aromatic carbocycles. The smallest absolute Gasteiger partial charge is 0.231 e. The number of rotatable bonds is 5. The van der Waals surface area contributed by atoms with Crippen LogP contribution < -0.4 is 14.7 Å². The fourth-order valence-corrected chi connectivity index (χ4v) is 3.93. The molecule has 0 aromatic heterocycles. The first-order valence-electron chi connectivity index (χ1n) is 9.39. The van der Waals surface area contributed by atoms with E-state index in [1.54, 1.807) is 12.1 Å². The second kappa shape index (κ2) is 8.23. The number of hydrogen-bond acceptors (Lipinski definition) is 3. The molecule has 0 spiro atoms. The van der Waals surface area contributed by atoms with Gasteiger partial charge in [0.15, 0.2) is 5.76 Å². The number of quaternary nitrogens is 1. The van der Waals surface area contributed by atoms with Crippen molar-refractivity contribution in [1.82, 2.24) is 0 Å². The average molecular weight is 450 g/mol. The van der Waals surface area contributed by atoms with Crippen LogP contribution in [0.25, 0.3) is 6.08 Å². The lowest BCUT2D eigenvalue weighted by Crippen LogP contribution is -3.06. The molecule has 0 fully saturated rings. The fourth-order valence-electron chi connectivity index (χ4n) is 3.51. The average Bonchev–Trinajstić information content (AvgIpc) is 3.01. The van der Waals surface area contributed by atoms with Crippen molar-refractivity contribution in [2.45, 2.75) is 13.1 Å². The molecule has 0 saturated heterocycles. The first-order valence-corrected chi connectivity index (χ1v) is 10.2. The van der Waals surface area contributed by atoms with E-state index in [2.05, 4.69) is 28.1 Å². The highest BCUT2D eigenvalue weighted by Gasteiger charge is 2.30. The SMILES string of the molecule is C[NH+](Cc1ccccc1)Cc1c([O-])ccc2c1OC(=Cc1cccc(Br)c1)C2=O. The normalized spacial score (nSPS) is 15.2. The van der Waals surface area contributed by atoms with Crippen molar-refractivity contribution >= 4 is 27.8 Å². The molecule has 1 aliphatic rings. The second-order valence-corrected chi connectivity index (χ2v) is 8.13. The summed E-state index contributed by atoms with van der Waals surface area (Å²) in [5, 5.41) is 12.6. The third-order valence-corrected chi connectivity index (χ3v) is 5.36. The number of allylic oxidation sites excluding steroid dienone is 1. The van der Waals surface area contributed by atoms with Gasteiger partial charge < -0.3 is 14.7 Å². The Morgan fingerprint density at radius 1 is 1.03 bits per heavy atom. The van der Waals surface area contributed by atoms with Gasteiger partial charge in [-0.1, -0.05) is 70.2 Å². The third-order valence-electron chi connectivity index (χ3n) is 4.87. The van der Waals surface area contributed by atoms with Crippen LogP contribution in [-0.4, -0.2) is 12.8 Å². The van der Waals surface area contributed by atoms with Crippen LogP contribution in [0.1, 0.15) is 27.0 Å². The van der Waals surface area contributed by atoms with Gasteiger partial charge in [0.05, 0.1) is 12.6 Å². The fraction of sp³-hybridized carbons (Fsp3) is 0.125. The minimum absolute atomic E-state index is 0.104. The molecule has 3 aromatic rings. The van der Waals surface area contributed by atoms with E-state index in [0.717, 1.165) is 21.5 Å². The number of benzene rings is 3. The van der Waals surface area contributed by atoms with E-state index in [0.29, 0.717) is 23.4 Å². The molecule has 29 heavy (non-hydrogen) atoms. The van der Waals surface area contributed by atoms with Gasteiger partial charge in [-0.2, -0.15) is 0 Å². The molecule has 0 bridgehead atoms. The van der Waals surface area contributed by atoms with Crippen molar-refractivity contribution in [1.29, 1.82) is 0 Å². The van der Waals surface area contributed by atoms with Crippen LogP contribution in [0.4, 0.5) is 0 Å². The lowest BCUT2D eigenvalue weighted by molar-refractivity contribution is -0.907. The second-order valence-electron chi connectivity index (χ2n) is 7.21. The number of carbonyl (C=O) groups excluding carboxylic acids is 1. The van der Waals surface area contributed by atoms with Crippen LogP contribution >= 0.6 is 15.9 Å². The Hall–Kier alpha value is -2.89. The Labute approximate surface area is 178 Å². The predicted octanol–water partition coefficient (Wildman–Crippen LogP) is 3.35. The van der Waals surface area contributed by atoms with Crippen LogP contribution in [0, 0.1) is 0 Å². The molecule has 0 aliphatic carbocycles. The van der Waals surface area contributed by atoms with E-state index in [4.69, 9.17) is 4.74 Å². The lowest BCUT2D eigenvalue weighted by Gasteiger charge is -2.20. The molecular weight excluding hydrogens is 430 g/mol. The zero-order chi connectivity index (χ0) is 20.4. The molecule has 5 heteroatoms. The first-order chi connectivity index (χ1) is 14.0. The van der Waals surface area contributed by atoms with E-state index in [1.807, 2.05) is 49.5 Å². The van der Waals surface area contributed by atoms with Gasteiger partial charge in [-0.3, -0.25) is 4.79 Å². The van der Waals surface area contributed by atoms with Crippen molar-refractivity contribution in [3.8, 4) is 11.5 Å². The third kappa shape index (κ3) is 4.26. The number of Topliss-reactive ketones (excluding diaryl/α,β-unsaturated/α-hetero) is 1. The zero-order valence-electron chi connectivity index (χ0n) is 15.9. The van der Waals surface area contributed by atoms with E-state index >= 15 is 0 Å². The van der Waals surface area contributed by atoms with Gasteiger partial charge in [-0.15, -0.1) is 0 Å². The molecular formula is C24H20BrNO3. The minimum Gasteiger partial charge on any atom is -0.872 e. The van der Waals surface area contributed by atoms with E-state index in [1.165, 1.54) is 11.6 Å². The molecule has 1 heterocycles. The molecule has 1 atom stereocenters. The van der Waals surface area contributed by atoms with Crippen LogP contribution in [0.2, 0.25) is 0 Å². The molecule has 0 saturated carbocycles. The minimum atomic E-state index is -0.193. The number of hydrogen-bond donors (Lipinski definition) is 1. The molecule has 4 rings (SSSR count). The highest BCUT2D eigenvalue weighted by atomic mass is 79.9. The van der Waals surface area contributed by atoms with Crippen LogP contribution in [0.15, 0.2) is 77.0 Å². The summed E-state index contributed by atoms with van der Waals surface area (Å²) in [6.45, 7) is 1.26. The van der Waals surface area contributed by atoms with Gasteiger partial charge in [0, 0.05) is 15.6 Å². The maximum atomic E-state index is 12.8. The number of ketones is 1. The quantitative estimate of drug-likeness (QED) is 0.607. The summed E-state index contributed by atoms with van der Waals surface area (Å²) in [6.07, 6.45) is 1.71. The Balaban J connectivity index is 1.61.